The predicted octanol–water partition coefficient (Wildman–Crippen LogP) is 2.61. The van der Waals surface area contributed by atoms with Crippen molar-refractivity contribution in [1.82, 2.24) is 14.8 Å². The van der Waals surface area contributed by atoms with Gasteiger partial charge in [-0.15, -0.1) is 0 Å². The van der Waals surface area contributed by atoms with Gasteiger partial charge in [-0.25, -0.2) is 0 Å². The van der Waals surface area contributed by atoms with Crippen molar-refractivity contribution < 1.29 is 9.47 Å². The molecule has 0 radical (unpaired) electrons. The highest BCUT2D eigenvalue weighted by atomic mass is 16.5. The lowest BCUT2D eigenvalue weighted by Gasteiger charge is -2.22. The number of hydrogen-bond acceptors (Lipinski definition) is 4. The van der Waals surface area contributed by atoms with E-state index in [9.17, 15) is 0 Å². The number of ether oxygens (including phenoxy) is 2. The molecular formula is C17H23N3O2. The van der Waals surface area contributed by atoms with Crippen LogP contribution in [0.4, 0.5) is 0 Å². The second kappa shape index (κ2) is 7.03. The third-order valence-electron chi connectivity index (χ3n) is 3.68. The van der Waals surface area contributed by atoms with Crippen molar-refractivity contribution in [3.05, 3.63) is 47.5 Å². The summed E-state index contributed by atoms with van der Waals surface area (Å²) >= 11 is 0. The SMILES string of the molecule is CC(C)COCC1OCCc2cn(Cc3ccncc3)nc21. The number of fused-ring (bicyclic) bond motifs is 1. The monoisotopic (exact) mass is 301 g/mol. The standard InChI is InChI=1S/C17H23N3O2/c1-13(2)11-21-12-16-17-15(5-8-22-16)10-20(19-17)9-14-3-6-18-7-4-14/h3-4,6-7,10,13,16H,5,8-9,11-12H2,1-2H3. The Balaban J connectivity index is 1.68. The molecule has 0 saturated heterocycles. The Morgan fingerprint density at radius 3 is 2.95 bits per heavy atom. The van der Waals surface area contributed by atoms with E-state index < -0.39 is 0 Å². The summed E-state index contributed by atoms with van der Waals surface area (Å²) in [6.07, 6.45) is 6.63. The topological polar surface area (TPSA) is 49.2 Å². The van der Waals surface area contributed by atoms with Crippen LogP contribution in [0.5, 0.6) is 0 Å². The highest BCUT2D eigenvalue weighted by Gasteiger charge is 2.25. The Morgan fingerprint density at radius 2 is 2.18 bits per heavy atom. The van der Waals surface area contributed by atoms with E-state index in [1.807, 2.05) is 29.2 Å². The van der Waals surface area contributed by atoms with Crippen molar-refractivity contribution in [2.45, 2.75) is 32.9 Å². The number of aromatic nitrogens is 3. The van der Waals surface area contributed by atoms with Gasteiger partial charge in [0.25, 0.3) is 0 Å². The minimum Gasteiger partial charge on any atom is -0.378 e. The molecule has 118 valence electrons. The van der Waals surface area contributed by atoms with Crippen LogP contribution in [0.2, 0.25) is 0 Å². The fourth-order valence-corrected chi connectivity index (χ4v) is 2.63. The molecule has 22 heavy (non-hydrogen) atoms. The Kier molecular flexibility index (Phi) is 4.85. The second-order valence-electron chi connectivity index (χ2n) is 6.13. The van der Waals surface area contributed by atoms with Crippen LogP contribution in [0.15, 0.2) is 30.7 Å². The Hall–Kier alpha value is -1.72. The summed E-state index contributed by atoms with van der Waals surface area (Å²) < 4.78 is 13.6. The average molecular weight is 301 g/mol. The zero-order valence-electron chi connectivity index (χ0n) is 13.2. The van der Waals surface area contributed by atoms with E-state index in [1.54, 1.807) is 0 Å². The fraction of sp³-hybridized carbons (Fsp3) is 0.529. The highest BCUT2D eigenvalue weighted by molar-refractivity contribution is 5.23. The first kappa shape index (κ1) is 15.2. The molecule has 0 saturated carbocycles. The first-order valence-corrected chi connectivity index (χ1v) is 7.87. The van der Waals surface area contributed by atoms with Crippen LogP contribution in [-0.2, 0) is 22.4 Å². The molecule has 0 bridgehead atoms. The van der Waals surface area contributed by atoms with E-state index in [4.69, 9.17) is 14.6 Å². The number of pyridine rings is 1. The van der Waals surface area contributed by atoms with Crippen LogP contribution in [0.3, 0.4) is 0 Å². The molecule has 0 amide bonds. The maximum atomic E-state index is 5.84. The van der Waals surface area contributed by atoms with Gasteiger partial charge in [0.05, 0.1) is 25.5 Å². The molecule has 5 nitrogen and oxygen atoms in total. The zero-order valence-corrected chi connectivity index (χ0v) is 13.2. The molecule has 0 aliphatic carbocycles. The number of rotatable bonds is 6. The minimum absolute atomic E-state index is 0.0406. The van der Waals surface area contributed by atoms with E-state index in [-0.39, 0.29) is 6.10 Å². The van der Waals surface area contributed by atoms with E-state index >= 15 is 0 Å². The molecular weight excluding hydrogens is 278 g/mol. The molecule has 5 heteroatoms. The summed E-state index contributed by atoms with van der Waals surface area (Å²) in [7, 11) is 0. The molecule has 1 atom stereocenters. The molecule has 0 fully saturated rings. The van der Waals surface area contributed by atoms with Crippen molar-refractivity contribution in [2.75, 3.05) is 19.8 Å². The third kappa shape index (κ3) is 3.72. The quantitative estimate of drug-likeness (QED) is 0.823. The molecule has 1 unspecified atom stereocenters. The van der Waals surface area contributed by atoms with Crippen molar-refractivity contribution in [3.8, 4) is 0 Å². The van der Waals surface area contributed by atoms with Crippen LogP contribution in [-0.4, -0.2) is 34.6 Å². The van der Waals surface area contributed by atoms with Crippen molar-refractivity contribution in [3.63, 3.8) is 0 Å². The maximum absolute atomic E-state index is 5.84. The van der Waals surface area contributed by atoms with Crippen LogP contribution >= 0.6 is 0 Å². The Labute approximate surface area is 131 Å². The third-order valence-corrected chi connectivity index (χ3v) is 3.68. The molecule has 2 aromatic heterocycles. The van der Waals surface area contributed by atoms with E-state index in [0.717, 1.165) is 31.9 Å². The summed E-state index contributed by atoms with van der Waals surface area (Å²) in [6, 6.07) is 4.03. The van der Waals surface area contributed by atoms with Gasteiger partial charge in [0.2, 0.25) is 0 Å². The van der Waals surface area contributed by atoms with Gasteiger partial charge in [0, 0.05) is 25.2 Å². The average Bonchev–Trinajstić information content (AvgIpc) is 2.91. The van der Waals surface area contributed by atoms with Gasteiger partial charge in [-0.3, -0.25) is 9.67 Å². The predicted molar refractivity (Wildman–Crippen MR) is 83.6 cm³/mol. The summed E-state index contributed by atoms with van der Waals surface area (Å²) in [4.78, 5) is 4.05. The normalized spacial score (nSPS) is 17.7. The molecule has 3 rings (SSSR count). The molecule has 0 N–H and O–H groups in total. The largest absolute Gasteiger partial charge is 0.378 e. The molecule has 3 heterocycles. The lowest BCUT2D eigenvalue weighted by atomic mass is 10.1. The van der Waals surface area contributed by atoms with Crippen LogP contribution in [0, 0.1) is 5.92 Å². The lowest BCUT2D eigenvalue weighted by molar-refractivity contribution is -0.0325. The van der Waals surface area contributed by atoms with Gasteiger partial charge in [0.1, 0.15) is 6.10 Å². The summed E-state index contributed by atoms with van der Waals surface area (Å²) in [5.41, 5.74) is 3.51. The molecule has 1 aliphatic heterocycles. The first-order chi connectivity index (χ1) is 10.7. The lowest BCUT2D eigenvalue weighted by Crippen LogP contribution is -2.21. The fourth-order valence-electron chi connectivity index (χ4n) is 2.63. The minimum atomic E-state index is -0.0406. The second-order valence-corrected chi connectivity index (χ2v) is 6.13. The zero-order chi connectivity index (χ0) is 15.4. The van der Waals surface area contributed by atoms with Crippen LogP contribution < -0.4 is 0 Å². The summed E-state index contributed by atoms with van der Waals surface area (Å²) in [5, 5.41) is 4.72. The van der Waals surface area contributed by atoms with E-state index in [0.29, 0.717) is 12.5 Å². The van der Waals surface area contributed by atoms with Crippen LogP contribution in [0.25, 0.3) is 0 Å². The smallest absolute Gasteiger partial charge is 0.125 e. The number of hydrogen-bond donors (Lipinski definition) is 0. The summed E-state index contributed by atoms with van der Waals surface area (Å²) in [6.45, 7) is 7.14. The number of nitrogens with zero attached hydrogens (tertiary/aromatic N) is 3. The van der Waals surface area contributed by atoms with Gasteiger partial charge in [0.15, 0.2) is 0 Å². The Bertz CT molecular complexity index is 595. The van der Waals surface area contributed by atoms with Crippen molar-refractivity contribution in [1.29, 1.82) is 0 Å². The molecule has 1 aliphatic rings. The van der Waals surface area contributed by atoms with Gasteiger partial charge >= 0.3 is 0 Å². The van der Waals surface area contributed by atoms with Gasteiger partial charge in [-0.05, 0) is 35.6 Å². The first-order valence-electron chi connectivity index (χ1n) is 7.87. The Morgan fingerprint density at radius 1 is 1.36 bits per heavy atom. The van der Waals surface area contributed by atoms with Gasteiger partial charge in [-0.2, -0.15) is 5.10 Å². The van der Waals surface area contributed by atoms with Gasteiger partial charge < -0.3 is 9.47 Å². The highest BCUT2D eigenvalue weighted by Crippen LogP contribution is 2.26. The van der Waals surface area contributed by atoms with E-state index in [1.165, 1.54) is 11.1 Å². The maximum Gasteiger partial charge on any atom is 0.125 e. The van der Waals surface area contributed by atoms with Crippen LogP contribution in [0.1, 0.15) is 36.8 Å². The molecule has 0 spiro atoms. The molecule has 0 aromatic carbocycles. The van der Waals surface area contributed by atoms with Crippen molar-refractivity contribution in [2.24, 2.45) is 5.92 Å². The van der Waals surface area contributed by atoms with E-state index in [2.05, 4.69) is 25.0 Å². The van der Waals surface area contributed by atoms with Crippen molar-refractivity contribution >= 4 is 0 Å². The summed E-state index contributed by atoms with van der Waals surface area (Å²) in [5.74, 6) is 0.535. The van der Waals surface area contributed by atoms with Gasteiger partial charge in [-0.1, -0.05) is 13.8 Å². The molecule has 2 aromatic rings.